The van der Waals surface area contributed by atoms with Gasteiger partial charge in [0.25, 0.3) is 0 Å². The molecule has 1 N–H and O–H groups in total. The van der Waals surface area contributed by atoms with Gasteiger partial charge in [-0.15, -0.1) is 0 Å². The quantitative estimate of drug-likeness (QED) is 0.844. The molecule has 122 valence electrons. The molecule has 0 aromatic heterocycles. The predicted octanol–water partition coefficient (Wildman–Crippen LogP) is 2.03. The number of sulfonamides is 1. The van der Waals surface area contributed by atoms with Gasteiger partial charge in [0, 0.05) is 12.1 Å². The first kappa shape index (κ1) is 16.7. The number of nitrogens with zero attached hydrogens (tertiary/aromatic N) is 1. The Morgan fingerprint density at radius 1 is 1.00 bits per heavy atom. The number of amides is 1. The van der Waals surface area contributed by atoms with Crippen molar-refractivity contribution in [2.75, 3.05) is 12.8 Å². The molecule has 2 aliphatic rings. The largest absolute Gasteiger partial charge is 0.352 e. The van der Waals surface area contributed by atoms with Crippen LogP contribution in [0, 0.1) is 0 Å². The third-order valence-electron chi connectivity index (χ3n) is 4.68. The highest BCUT2D eigenvalue weighted by molar-refractivity contribution is 7.88. The summed E-state index contributed by atoms with van der Waals surface area (Å²) in [6, 6.07) is 0.241. The van der Waals surface area contributed by atoms with Crippen LogP contribution in [0.3, 0.4) is 0 Å². The van der Waals surface area contributed by atoms with E-state index >= 15 is 0 Å². The lowest BCUT2D eigenvalue weighted by Crippen LogP contribution is -2.48. The molecule has 0 atom stereocenters. The summed E-state index contributed by atoms with van der Waals surface area (Å²) >= 11 is 0. The molecule has 0 radical (unpaired) electrons. The van der Waals surface area contributed by atoms with Gasteiger partial charge in [0.05, 0.1) is 12.8 Å². The third kappa shape index (κ3) is 5.25. The van der Waals surface area contributed by atoms with Gasteiger partial charge in [0.15, 0.2) is 0 Å². The van der Waals surface area contributed by atoms with Crippen LogP contribution in [0.2, 0.25) is 0 Å². The van der Waals surface area contributed by atoms with Crippen molar-refractivity contribution in [1.82, 2.24) is 9.62 Å². The molecule has 0 bridgehead atoms. The van der Waals surface area contributed by atoms with Crippen LogP contribution in [0.4, 0.5) is 0 Å². The van der Waals surface area contributed by atoms with Crippen molar-refractivity contribution in [3.63, 3.8) is 0 Å². The molecule has 5 nitrogen and oxygen atoms in total. The Bertz CT molecular complexity index is 438. The molecule has 0 saturated heterocycles. The van der Waals surface area contributed by atoms with E-state index in [4.69, 9.17) is 0 Å². The average molecular weight is 316 g/mol. The van der Waals surface area contributed by atoms with Crippen LogP contribution < -0.4 is 5.32 Å². The molecule has 2 saturated carbocycles. The van der Waals surface area contributed by atoms with Crippen molar-refractivity contribution in [1.29, 1.82) is 0 Å². The molecular weight excluding hydrogens is 288 g/mol. The highest BCUT2D eigenvalue weighted by Gasteiger charge is 2.30. The minimum Gasteiger partial charge on any atom is -0.352 e. The van der Waals surface area contributed by atoms with E-state index in [1.54, 1.807) is 0 Å². The number of hydrogen-bond acceptors (Lipinski definition) is 3. The van der Waals surface area contributed by atoms with Gasteiger partial charge >= 0.3 is 0 Å². The van der Waals surface area contributed by atoms with Gasteiger partial charge < -0.3 is 5.32 Å². The van der Waals surface area contributed by atoms with E-state index in [2.05, 4.69) is 5.32 Å². The topological polar surface area (TPSA) is 66.5 Å². The first-order chi connectivity index (χ1) is 9.97. The van der Waals surface area contributed by atoms with Crippen LogP contribution in [0.1, 0.15) is 64.2 Å². The Morgan fingerprint density at radius 3 is 2.05 bits per heavy atom. The number of carbonyl (C=O) groups excluding carboxylic acids is 1. The third-order valence-corrected chi connectivity index (χ3v) is 5.96. The number of rotatable bonds is 5. The Kier molecular flexibility index (Phi) is 6.05. The lowest BCUT2D eigenvalue weighted by Gasteiger charge is -2.32. The Labute approximate surface area is 128 Å². The summed E-state index contributed by atoms with van der Waals surface area (Å²) in [7, 11) is -3.33. The second-order valence-electron chi connectivity index (χ2n) is 6.50. The van der Waals surface area contributed by atoms with Gasteiger partial charge in [-0.1, -0.05) is 38.5 Å². The maximum absolute atomic E-state index is 12.2. The van der Waals surface area contributed by atoms with Gasteiger partial charge in [0.2, 0.25) is 15.9 Å². The molecule has 2 fully saturated rings. The summed E-state index contributed by atoms with van der Waals surface area (Å²) in [6.45, 7) is -0.0139. The second kappa shape index (κ2) is 7.58. The molecule has 2 aliphatic carbocycles. The van der Waals surface area contributed by atoms with E-state index in [0.717, 1.165) is 51.4 Å². The summed E-state index contributed by atoms with van der Waals surface area (Å²) in [5.41, 5.74) is 0. The molecule has 0 heterocycles. The zero-order chi connectivity index (χ0) is 15.3. The zero-order valence-corrected chi connectivity index (χ0v) is 13.8. The van der Waals surface area contributed by atoms with Gasteiger partial charge in [0.1, 0.15) is 0 Å². The minimum absolute atomic E-state index is 0.00542. The van der Waals surface area contributed by atoms with Crippen molar-refractivity contribution in [3.8, 4) is 0 Å². The van der Waals surface area contributed by atoms with Crippen molar-refractivity contribution in [2.24, 2.45) is 0 Å². The second-order valence-corrected chi connectivity index (χ2v) is 8.44. The summed E-state index contributed by atoms with van der Waals surface area (Å²) < 4.78 is 25.4. The van der Waals surface area contributed by atoms with Gasteiger partial charge in [-0.25, -0.2) is 8.42 Å². The normalized spacial score (nSPS) is 22.4. The molecule has 2 rings (SSSR count). The molecular formula is C15H28N2O3S. The van der Waals surface area contributed by atoms with Crippen molar-refractivity contribution in [2.45, 2.75) is 76.3 Å². The first-order valence-electron chi connectivity index (χ1n) is 8.23. The average Bonchev–Trinajstić information content (AvgIpc) is 2.45. The minimum atomic E-state index is -3.33. The van der Waals surface area contributed by atoms with Gasteiger partial charge in [-0.2, -0.15) is 4.31 Å². The van der Waals surface area contributed by atoms with Crippen LogP contribution in [-0.2, 0) is 14.8 Å². The molecule has 0 aromatic carbocycles. The number of nitrogens with one attached hydrogen (secondary N) is 1. The predicted molar refractivity (Wildman–Crippen MR) is 83.4 cm³/mol. The lowest BCUT2D eigenvalue weighted by molar-refractivity contribution is -0.122. The highest BCUT2D eigenvalue weighted by Crippen LogP contribution is 2.24. The fourth-order valence-corrected chi connectivity index (χ4v) is 4.65. The smallest absolute Gasteiger partial charge is 0.235 e. The zero-order valence-electron chi connectivity index (χ0n) is 13.0. The fraction of sp³-hybridized carbons (Fsp3) is 0.933. The maximum atomic E-state index is 12.2. The molecule has 1 amide bonds. The Hall–Kier alpha value is -0.620. The van der Waals surface area contributed by atoms with E-state index in [9.17, 15) is 13.2 Å². The number of carbonyl (C=O) groups is 1. The fourth-order valence-electron chi connectivity index (χ4n) is 3.55. The molecule has 0 aliphatic heterocycles. The molecule has 21 heavy (non-hydrogen) atoms. The highest BCUT2D eigenvalue weighted by atomic mass is 32.2. The van der Waals surface area contributed by atoms with Crippen molar-refractivity contribution >= 4 is 15.9 Å². The van der Waals surface area contributed by atoms with Crippen molar-refractivity contribution in [3.05, 3.63) is 0 Å². The van der Waals surface area contributed by atoms with E-state index < -0.39 is 10.0 Å². The van der Waals surface area contributed by atoms with Crippen LogP contribution in [0.15, 0.2) is 0 Å². The standard InChI is InChI=1S/C15H28N2O3S/c1-21(19,20)17(14-10-6-3-7-11-14)12-15(18)16-13-8-4-2-5-9-13/h13-14H,2-12H2,1H3,(H,16,18). The summed E-state index contributed by atoms with van der Waals surface area (Å²) in [6.07, 6.45) is 11.9. The SMILES string of the molecule is CS(=O)(=O)N(CC(=O)NC1CCCCC1)C1CCCCC1. The van der Waals surface area contributed by atoms with E-state index in [-0.39, 0.29) is 24.5 Å². The van der Waals surface area contributed by atoms with Crippen LogP contribution in [0.25, 0.3) is 0 Å². The van der Waals surface area contributed by atoms with E-state index in [1.165, 1.54) is 23.4 Å². The van der Waals surface area contributed by atoms with Crippen LogP contribution in [0.5, 0.6) is 0 Å². The lowest BCUT2D eigenvalue weighted by atomic mass is 9.95. The van der Waals surface area contributed by atoms with Gasteiger partial charge in [-0.05, 0) is 25.7 Å². The summed E-state index contributed by atoms with van der Waals surface area (Å²) in [5.74, 6) is -0.141. The number of hydrogen-bond donors (Lipinski definition) is 1. The molecule has 6 heteroatoms. The first-order valence-corrected chi connectivity index (χ1v) is 10.1. The van der Waals surface area contributed by atoms with E-state index in [0.29, 0.717) is 0 Å². The van der Waals surface area contributed by atoms with Crippen LogP contribution in [-0.4, -0.2) is 43.5 Å². The van der Waals surface area contributed by atoms with Gasteiger partial charge in [-0.3, -0.25) is 4.79 Å². The van der Waals surface area contributed by atoms with Crippen molar-refractivity contribution < 1.29 is 13.2 Å². The molecule has 0 aromatic rings. The monoisotopic (exact) mass is 316 g/mol. The molecule has 0 unspecified atom stereocenters. The van der Waals surface area contributed by atoms with Crippen LogP contribution >= 0.6 is 0 Å². The Morgan fingerprint density at radius 2 is 1.52 bits per heavy atom. The van der Waals surface area contributed by atoms with E-state index in [1.807, 2.05) is 0 Å². The Balaban J connectivity index is 1.92. The maximum Gasteiger partial charge on any atom is 0.235 e. The summed E-state index contributed by atoms with van der Waals surface area (Å²) in [5, 5.41) is 3.02. The summed E-state index contributed by atoms with van der Waals surface area (Å²) in [4.78, 5) is 12.2. The molecule has 0 spiro atoms.